The van der Waals surface area contributed by atoms with Crippen LogP contribution in [0.4, 0.5) is 11.4 Å². The molecule has 0 saturated carbocycles. The van der Waals surface area contributed by atoms with Gasteiger partial charge in [-0.15, -0.1) is 0 Å². The lowest BCUT2D eigenvalue weighted by molar-refractivity contribution is -0.117. The van der Waals surface area contributed by atoms with Crippen molar-refractivity contribution < 1.29 is 9.59 Å². The van der Waals surface area contributed by atoms with Gasteiger partial charge in [0.1, 0.15) is 0 Å². The summed E-state index contributed by atoms with van der Waals surface area (Å²) in [4.78, 5) is 27.9. The van der Waals surface area contributed by atoms with Crippen molar-refractivity contribution in [3.63, 3.8) is 0 Å². The molecule has 0 aliphatic carbocycles. The Hall–Kier alpha value is -3.42. The largest absolute Gasteiger partial charge is 0.371 e. The molecule has 3 aromatic rings. The molecule has 0 unspecified atom stereocenters. The Bertz CT molecular complexity index is 1150. The summed E-state index contributed by atoms with van der Waals surface area (Å²) in [5, 5.41) is 8.18. The summed E-state index contributed by atoms with van der Waals surface area (Å²) in [6, 6.07) is 18.7. The van der Waals surface area contributed by atoms with Crippen LogP contribution in [0.1, 0.15) is 41.7 Å². The average Bonchev–Trinajstić information content (AvgIpc) is 3.37. The standard InChI is InChI=1S/C26H31N5O2/c1-17(20-10-6-8-18-7-2-3-9-21(18)20)29-25(32)22-15-19(30-26(33)23(28)16-27)11-12-24(22)31-13-4-5-14-31/h2-3,6-12,15,17,23H,4-5,13-14,16,27-28H2,1H3,(H,29,32)(H,30,33)/t17-,23+/m1/s1. The zero-order chi connectivity index (χ0) is 23.4. The molecule has 6 N–H and O–H groups in total. The zero-order valence-corrected chi connectivity index (χ0v) is 18.9. The Morgan fingerprint density at radius 3 is 2.52 bits per heavy atom. The van der Waals surface area contributed by atoms with Crippen molar-refractivity contribution in [2.45, 2.75) is 31.8 Å². The van der Waals surface area contributed by atoms with Crippen LogP contribution in [0.2, 0.25) is 0 Å². The number of nitrogens with zero attached hydrogens (tertiary/aromatic N) is 1. The number of fused-ring (bicyclic) bond motifs is 1. The number of hydrogen-bond donors (Lipinski definition) is 4. The van der Waals surface area contributed by atoms with Crippen molar-refractivity contribution in [1.29, 1.82) is 0 Å². The van der Waals surface area contributed by atoms with E-state index in [1.54, 1.807) is 12.1 Å². The number of nitrogens with one attached hydrogen (secondary N) is 2. The average molecular weight is 446 g/mol. The highest BCUT2D eigenvalue weighted by atomic mass is 16.2. The minimum atomic E-state index is -0.799. The summed E-state index contributed by atoms with van der Waals surface area (Å²) in [7, 11) is 0. The summed E-state index contributed by atoms with van der Waals surface area (Å²) in [6.07, 6.45) is 2.19. The fourth-order valence-corrected chi connectivity index (χ4v) is 4.35. The predicted molar refractivity (Wildman–Crippen MR) is 133 cm³/mol. The van der Waals surface area contributed by atoms with E-state index >= 15 is 0 Å². The second kappa shape index (κ2) is 10.0. The third-order valence-corrected chi connectivity index (χ3v) is 6.18. The van der Waals surface area contributed by atoms with E-state index in [0.29, 0.717) is 11.3 Å². The molecule has 1 fully saturated rings. The van der Waals surface area contributed by atoms with E-state index in [2.05, 4.69) is 33.7 Å². The molecule has 33 heavy (non-hydrogen) atoms. The second-order valence-electron chi connectivity index (χ2n) is 8.52. The summed E-state index contributed by atoms with van der Waals surface area (Å²) in [5.74, 6) is -0.557. The van der Waals surface area contributed by atoms with Gasteiger partial charge in [0.15, 0.2) is 0 Å². The molecule has 1 saturated heterocycles. The number of rotatable bonds is 7. The highest BCUT2D eigenvalue weighted by molar-refractivity contribution is 6.03. The van der Waals surface area contributed by atoms with Crippen molar-refractivity contribution >= 4 is 34.0 Å². The van der Waals surface area contributed by atoms with Gasteiger partial charge < -0.3 is 27.0 Å². The molecule has 2 atom stereocenters. The summed E-state index contributed by atoms with van der Waals surface area (Å²) >= 11 is 0. The lowest BCUT2D eigenvalue weighted by atomic mass is 9.99. The van der Waals surface area contributed by atoms with Crippen molar-refractivity contribution in [2.24, 2.45) is 11.5 Å². The summed E-state index contributed by atoms with van der Waals surface area (Å²) in [5.41, 5.74) is 14.2. The fourth-order valence-electron chi connectivity index (χ4n) is 4.35. The van der Waals surface area contributed by atoms with Gasteiger partial charge in [-0.1, -0.05) is 42.5 Å². The van der Waals surface area contributed by atoms with Crippen molar-refractivity contribution in [3.8, 4) is 0 Å². The first kappa shape index (κ1) is 22.8. The summed E-state index contributed by atoms with van der Waals surface area (Å²) in [6.45, 7) is 3.85. The van der Waals surface area contributed by atoms with Crippen LogP contribution >= 0.6 is 0 Å². The van der Waals surface area contributed by atoms with Gasteiger partial charge in [0.25, 0.3) is 5.91 Å². The smallest absolute Gasteiger partial charge is 0.253 e. The van der Waals surface area contributed by atoms with Crippen molar-refractivity contribution in [2.75, 3.05) is 29.9 Å². The van der Waals surface area contributed by atoms with E-state index in [0.717, 1.165) is 48.0 Å². The fraction of sp³-hybridized carbons (Fsp3) is 0.308. The normalized spacial score (nSPS) is 15.3. The zero-order valence-electron chi connectivity index (χ0n) is 18.9. The van der Waals surface area contributed by atoms with Gasteiger partial charge in [0.05, 0.1) is 17.6 Å². The molecule has 0 bridgehead atoms. The molecular weight excluding hydrogens is 414 g/mol. The first-order chi connectivity index (χ1) is 16.0. The van der Waals surface area contributed by atoms with Gasteiger partial charge in [-0.2, -0.15) is 0 Å². The van der Waals surface area contributed by atoms with Gasteiger partial charge in [-0.05, 0) is 54.3 Å². The molecule has 3 aromatic carbocycles. The van der Waals surface area contributed by atoms with Crippen LogP contribution in [-0.2, 0) is 4.79 Å². The molecule has 7 heteroatoms. The number of hydrogen-bond acceptors (Lipinski definition) is 5. The highest BCUT2D eigenvalue weighted by Gasteiger charge is 2.23. The predicted octanol–water partition coefficient (Wildman–Crippen LogP) is 3.16. The molecule has 0 aromatic heterocycles. The minimum Gasteiger partial charge on any atom is -0.371 e. The maximum absolute atomic E-state index is 13.5. The lowest BCUT2D eigenvalue weighted by Gasteiger charge is -2.23. The Labute approximate surface area is 194 Å². The van der Waals surface area contributed by atoms with Gasteiger partial charge in [0.2, 0.25) is 5.91 Å². The maximum Gasteiger partial charge on any atom is 0.253 e. The molecule has 2 amide bonds. The Kier molecular flexibility index (Phi) is 6.91. The van der Waals surface area contributed by atoms with E-state index < -0.39 is 6.04 Å². The minimum absolute atomic E-state index is 0.0492. The monoisotopic (exact) mass is 445 g/mol. The van der Waals surface area contributed by atoms with Gasteiger partial charge in [-0.25, -0.2) is 0 Å². The van der Waals surface area contributed by atoms with Crippen LogP contribution in [0, 0.1) is 0 Å². The van der Waals surface area contributed by atoms with Gasteiger partial charge in [-0.3, -0.25) is 9.59 Å². The molecule has 7 nitrogen and oxygen atoms in total. The third kappa shape index (κ3) is 4.99. The van der Waals surface area contributed by atoms with E-state index in [1.165, 1.54) is 0 Å². The molecule has 172 valence electrons. The van der Waals surface area contributed by atoms with Crippen LogP contribution in [0.5, 0.6) is 0 Å². The number of amides is 2. The van der Waals surface area contributed by atoms with Crippen LogP contribution in [0.15, 0.2) is 60.7 Å². The lowest BCUT2D eigenvalue weighted by Crippen LogP contribution is -2.41. The highest BCUT2D eigenvalue weighted by Crippen LogP contribution is 2.29. The van der Waals surface area contributed by atoms with Crippen LogP contribution in [0.3, 0.4) is 0 Å². The maximum atomic E-state index is 13.5. The van der Waals surface area contributed by atoms with Gasteiger partial charge in [0, 0.05) is 31.0 Å². The molecule has 1 aliphatic rings. The van der Waals surface area contributed by atoms with Crippen LogP contribution in [0.25, 0.3) is 10.8 Å². The number of benzene rings is 3. The Morgan fingerprint density at radius 1 is 1.03 bits per heavy atom. The van der Waals surface area contributed by atoms with E-state index in [4.69, 9.17) is 11.5 Å². The molecule has 1 heterocycles. The van der Waals surface area contributed by atoms with Crippen molar-refractivity contribution in [1.82, 2.24) is 5.32 Å². The summed E-state index contributed by atoms with van der Waals surface area (Å²) < 4.78 is 0. The molecule has 0 radical (unpaired) electrons. The Balaban J connectivity index is 1.62. The van der Waals surface area contributed by atoms with E-state index in [1.807, 2.05) is 37.3 Å². The quantitative estimate of drug-likeness (QED) is 0.446. The van der Waals surface area contributed by atoms with Crippen molar-refractivity contribution in [3.05, 3.63) is 71.8 Å². The van der Waals surface area contributed by atoms with E-state index in [9.17, 15) is 9.59 Å². The number of carbonyl (C=O) groups is 2. The second-order valence-corrected chi connectivity index (χ2v) is 8.52. The van der Waals surface area contributed by atoms with Gasteiger partial charge >= 0.3 is 0 Å². The first-order valence-corrected chi connectivity index (χ1v) is 11.4. The third-order valence-electron chi connectivity index (χ3n) is 6.18. The first-order valence-electron chi connectivity index (χ1n) is 11.4. The number of nitrogens with two attached hydrogens (primary N) is 2. The number of carbonyl (C=O) groups excluding carboxylic acids is 2. The molecule has 0 spiro atoms. The van der Waals surface area contributed by atoms with Crippen LogP contribution in [-0.4, -0.2) is 37.5 Å². The van der Waals surface area contributed by atoms with E-state index in [-0.39, 0.29) is 24.4 Å². The Morgan fingerprint density at radius 2 is 1.76 bits per heavy atom. The topological polar surface area (TPSA) is 113 Å². The SMILES string of the molecule is C[C@@H](NC(=O)c1cc(NC(=O)[C@@H](N)CN)ccc1N1CCCC1)c1cccc2ccccc12. The number of anilines is 2. The molecule has 4 rings (SSSR count). The molecule has 1 aliphatic heterocycles. The van der Waals surface area contributed by atoms with Crippen LogP contribution < -0.4 is 27.0 Å². The molecular formula is C26H31N5O2.